The average molecular weight is 222 g/mol. The van der Waals surface area contributed by atoms with E-state index >= 15 is 0 Å². The lowest BCUT2D eigenvalue weighted by Gasteiger charge is -2.36. The molecule has 0 aliphatic heterocycles. The van der Waals surface area contributed by atoms with Crippen molar-refractivity contribution in [1.82, 2.24) is 9.97 Å². The summed E-state index contributed by atoms with van der Waals surface area (Å²) in [6.45, 7) is 4.13. The summed E-state index contributed by atoms with van der Waals surface area (Å²) >= 11 is 0. The van der Waals surface area contributed by atoms with E-state index in [-0.39, 0.29) is 5.41 Å². The summed E-state index contributed by atoms with van der Waals surface area (Å²) in [6, 6.07) is 0. The van der Waals surface area contributed by atoms with Gasteiger partial charge in [0.15, 0.2) is 0 Å². The maximum atomic E-state index is 10.8. The summed E-state index contributed by atoms with van der Waals surface area (Å²) in [5.41, 5.74) is -0.539. The van der Waals surface area contributed by atoms with E-state index in [0.717, 1.165) is 19.3 Å². The number of hydrogen-bond acceptors (Lipinski definition) is 4. The van der Waals surface area contributed by atoms with E-state index in [9.17, 15) is 5.11 Å². The third-order valence-electron chi connectivity index (χ3n) is 3.71. The van der Waals surface area contributed by atoms with Crippen molar-refractivity contribution in [3.63, 3.8) is 0 Å². The lowest BCUT2D eigenvalue weighted by molar-refractivity contribution is -0.0543. The zero-order valence-electron chi connectivity index (χ0n) is 10.0. The molecule has 1 N–H and O–H groups in total. The van der Waals surface area contributed by atoms with Crippen LogP contribution in [0.3, 0.4) is 0 Å². The van der Waals surface area contributed by atoms with Crippen LogP contribution in [0.2, 0.25) is 0 Å². The molecule has 16 heavy (non-hydrogen) atoms. The lowest BCUT2D eigenvalue weighted by atomic mass is 9.75. The Morgan fingerprint density at radius 2 is 1.94 bits per heavy atom. The molecular formula is C12H18N2O2. The SMILES string of the molecule is COc1nccnc1C1(O)CCCC1(C)C. The molecule has 0 bridgehead atoms. The van der Waals surface area contributed by atoms with E-state index in [0.29, 0.717) is 11.6 Å². The third kappa shape index (κ3) is 1.48. The number of methoxy groups -OCH3 is 1. The van der Waals surface area contributed by atoms with Crippen LogP contribution in [0.4, 0.5) is 0 Å². The molecule has 4 nitrogen and oxygen atoms in total. The molecule has 1 heterocycles. The standard InChI is InChI=1S/C12H18N2O2/c1-11(2)5-4-6-12(11,15)9-10(16-3)14-8-7-13-9/h7-8,15H,4-6H2,1-3H3. The molecule has 1 unspecified atom stereocenters. The number of ether oxygens (including phenoxy) is 1. The minimum absolute atomic E-state index is 0.184. The summed E-state index contributed by atoms with van der Waals surface area (Å²) in [4.78, 5) is 8.37. The average Bonchev–Trinajstić information content (AvgIpc) is 2.54. The predicted molar refractivity (Wildman–Crippen MR) is 60.1 cm³/mol. The highest BCUT2D eigenvalue weighted by Gasteiger charge is 2.51. The summed E-state index contributed by atoms with van der Waals surface area (Å²) in [5.74, 6) is 0.431. The number of hydrogen-bond donors (Lipinski definition) is 1. The molecular weight excluding hydrogens is 204 g/mol. The van der Waals surface area contributed by atoms with E-state index < -0.39 is 5.60 Å². The first kappa shape index (κ1) is 11.3. The second-order valence-corrected chi connectivity index (χ2v) is 5.01. The van der Waals surface area contributed by atoms with Crippen LogP contribution in [0.15, 0.2) is 12.4 Å². The molecule has 4 heteroatoms. The highest BCUT2D eigenvalue weighted by atomic mass is 16.5. The Balaban J connectivity index is 2.50. The molecule has 1 aliphatic carbocycles. The van der Waals surface area contributed by atoms with Crippen LogP contribution in [0, 0.1) is 5.41 Å². The molecule has 1 fully saturated rings. The van der Waals surface area contributed by atoms with Gasteiger partial charge in [0.1, 0.15) is 11.3 Å². The Kier molecular flexibility index (Phi) is 2.62. The minimum atomic E-state index is -0.924. The zero-order valence-corrected chi connectivity index (χ0v) is 10.0. The fourth-order valence-corrected chi connectivity index (χ4v) is 2.53. The Bertz CT molecular complexity index is 392. The van der Waals surface area contributed by atoms with Crippen LogP contribution in [0.25, 0.3) is 0 Å². The molecule has 0 amide bonds. The van der Waals surface area contributed by atoms with Crippen LogP contribution in [0.5, 0.6) is 5.88 Å². The second kappa shape index (κ2) is 3.70. The van der Waals surface area contributed by atoms with Crippen molar-refractivity contribution in [2.45, 2.75) is 38.7 Å². The van der Waals surface area contributed by atoms with E-state index in [1.165, 1.54) is 0 Å². The van der Waals surface area contributed by atoms with Gasteiger partial charge in [0, 0.05) is 12.4 Å². The molecule has 1 saturated carbocycles. The third-order valence-corrected chi connectivity index (χ3v) is 3.71. The molecule has 0 radical (unpaired) electrons. The lowest BCUT2D eigenvalue weighted by Crippen LogP contribution is -2.38. The molecule has 0 aromatic carbocycles. The van der Waals surface area contributed by atoms with Gasteiger partial charge in [-0.05, 0) is 24.7 Å². The van der Waals surface area contributed by atoms with E-state index in [1.54, 1.807) is 19.5 Å². The van der Waals surface area contributed by atoms with Crippen molar-refractivity contribution in [3.05, 3.63) is 18.1 Å². The summed E-state index contributed by atoms with van der Waals surface area (Å²) in [5, 5.41) is 10.8. The first-order valence-electron chi connectivity index (χ1n) is 5.59. The Morgan fingerprint density at radius 3 is 2.50 bits per heavy atom. The van der Waals surface area contributed by atoms with Crippen molar-refractivity contribution in [3.8, 4) is 5.88 Å². The van der Waals surface area contributed by atoms with Crippen molar-refractivity contribution >= 4 is 0 Å². The van der Waals surface area contributed by atoms with Crippen molar-refractivity contribution < 1.29 is 9.84 Å². The monoisotopic (exact) mass is 222 g/mol. The van der Waals surface area contributed by atoms with Crippen molar-refractivity contribution in [2.75, 3.05) is 7.11 Å². The zero-order chi connectivity index (χ0) is 11.8. The molecule has 0 spiro atoms. The minimum Gasteiger partial charge on any atom is -0.480 e. The van der Waals surface area contributed by atoms with Crippen molar-refractivity contribution in [2.24, 2.45) is 5.41 Å². The molecule has 0 saturated heterocycles. The molecule has 1 aliphatic rings. The largest absolute Gasteiger partial charge is 0.480 e. The van der Waals surface area contributed by atoms with Gasteiger partial charge in [-0.15, -0.1) is 0 Å². The van der Waals surface area contributed by atoms with Gasteiger partial charge in [0.05, 0.1) is 7.11 Å². The topological polar surface area (TPSA) is 55.2 Å². The van der Waals surface area contributed by atoms with Gasteiger partial charge in [-0.1, -0.05) is 13.8 Å². The van der Waals surface area contributed by atoms with Gasteiger partial charge in [-0.3, -0.25) is 4.98 Å². The molecule has 2 rings (SSSR count). The highest BCUT2D eigenvalue weighted by Crippen LogP contribution is 2.52. The summed E-state index contributed by atoms with van der Waals surface area (Å²) in [6.07, 6.45) is 5.89. The van der Waals surface area contributed by atoms with E-state index in [1.807, 2.05) is 0 Å². The van der Waals surface area contributed by atoms with Crippen LogP contribution in [0.1, 0.15) is 38.8 Å². The predicted octanol–water partition coefficient (Wildman–Crippen LogP) is 1.88. The number of aromatic nitrogens is 2. The van der Waals surface area contributed by atoms with Gasteiger partial charge in [-0.2, -0.15) is 0 Å². The van der Waals surface area contributed by atoms with E-state index in [4.69, 9.17) is 4.74 Å². The van der Waals surface area contributed by atoms with Gasteiger partial charge in [0.2, 0.25) is 5.88 Å². The van der Waals surface area contributed by atoms with Crippen molar-refractivity contribution in [1.29, 1.82) is 0 Å². The maximum Gasteiger partial charge on any atom is 0.238 e. The first-order chi connectivity index (χ1) is 7.51. The van der Waals surface area contributed by atoms with Crippen LogP contribution >= 0.6 is 0 Å². The molecule has 1 atom stereocenters. The summed E-state index contributed by atoms with van der Waals surface area (Å²) < 4.78 is 5.18. The van der Waals surface area contributed by atoms with Gasteiger partial charge < -0.3 is 9.84 Å². The maximum absolute atomic E-state index is 10.8. The number of aliphatic hydroxyl groups is 1. The van der Waals surface area contributed by atoms with Gasteiger partial charge in [0.25, 0.3) is 0 Å². The number of rotatable bonds is 2. The smallest absolute Gasteiger partial charge is 0.238 e. The van der Waals surface area contributed by atoms with Gasteiger partial charge in [-0.25, -0.2) is 4.98 Å². The fourth-order valence-electron chi connectivity index (χ4n) is 2.53. The van der Waals surface area contributed by atoms with E-state index in [2.05, 4.69) is 23.8 Å². The normalized spacial score (nSPS) is 28.0. The van der Waals surface area contributed by atoms with Crippen LogP contribution in [-0.2, 0) is 5.60 Å². The second-order valence-electron chi connectivity index (χ2n) is 5.01. The van der Waals surface area contributed by atoms with Crippen LogP contribution in [-0.4, -0.2) is 22.2 Å². The molecule has 1 aromatic rings. The number of nitrogens with zero attached hydrogens (tertiary/aromatic N) is 2. The first-order valence-corrected chi connectivity index (χ1v) is 5.59. The summed E-state index contributed by atoms with van der Waals surface area (Å²) in [7, 11) is 1.55. The molecule has 88 valence electrons. The molecule has 1 aromatic heterocycles. The Morgan fingerprint density at radius 1 is 1.25 bits per heavy atom. The Hall–Kier alpha value is -1.16. The quantitative estimate of drug-likeness (QED) is 0.830. The highest BCUT2D eigenvalue weighted by molar-refractivity contribution is 5.28. The Labute approximate surface area is 95.7 Å². The fraction of sp³-hybridized carbons (Fsp3) is 0.667. The van der Waals surface area contributed by atoms with Gasteiger partial charge >= 0.3 is 0 Å². The van der Waals surface area contributed by atoms with Crippen LogP contribution < -0.4 is 4.74 Å².